The third-order valence-electron chi connectivity index (χ3n) is 5.34. The molecule has 2 heterocycles. The molecule has 0 unspecified atom stereocenters. The van der Waals surface area contributed by atoms with E-state index in [1.165, 1.54) is 23.1 Å². The summed E-state index contributed by atoms with van der Waals surface area (Å²) in [6, 6.07) is 9.37. The van der Waals surface area contributed by atoms with Crippen molar-refractivity contribution in [3.63, 3.8) is 0 Å². The van der Waals surface area contributed by atoms with Crippen LogP contribution in [0.4, 0.5) is 4.39 Å². The molecular formula is C20H24FN2O5S+. The van der Waals surface area contributed by atoms with Crippen molar-refractivity contribution in [1.29, 1.82) is 0 Å². The lowest BCUT2D eigenvalue weighted by Gasteiger charge is -2.32. The van der Waals surface area contributed by atoms with Crippen molar-refractivity contribution in [2.75, 3.05) is 39.6 Å². The van der Waals surface area contributed by atoms with Crippen LogP contribution >= 0.6 is 0 Å². The van der Waals surface area contributed by atoms with Gasteiger partial charge in [0, 0.05) is 5.56 Å². The van der Waals surface area contributed by atoms with E-state index in [1.807, 2.05) is 18.2 Å². The molecule has 0 aliphatic carbocycles. The lowest BCUT2D eigenvalue weighted by Crippen LogP contribution is -3.15. The molecule has 2 N–H and O–H groups in total. The number of nitrogens with one attached hydrogen (secondary N) is 2. The molecule has 7 nitrogen and oxygen atoms in total. The van der Waals surface area contributed by atoms with Crippen molar-refractivity contribution in [2.24, 2.45) is 0 Å². The average molecular weight is 423 g/mol. The summed E-state index contributed by atoms with van der Waals surface area (Å²) in [5.41, 5.74) is 1.25. The number of benzene rings is 2. The monoisotopic (exact) mass is 423 g/mol. The molecule has 0 bridgehead atoms. The first-order valence-electron chi connectivity index (χ1n) is 9.52. The number of hydrogen-bond acceptors (Lipinski definition) is 5. The van der Waals surface area contributed by atoms with Crippen LogP contribution in [-0.2, 0) is 14.8 Å². The van der Waals surface area contributed by atoms with Gasteiger partial charge < -0.3 is 19.1 Å². The van der Waals surface area contributed by atoms with E-state index in [9.17, 15) is 12.8 Å². The molecule has 1 atom stereocenters. The maximum Gasteiger partial charge on any atom is 0.240 e. The Morgan fingerprint density at radius 1 is 1.10 bits per heavy atom. The predicted octanol–water partition coefficient (Wildman–Crippen LogP) is 0.798. The second-order valence-corrected chi connectivity index (χ2v) is 8.97. The van der Waals surface area contributed by atoms with E-state index in [2.05, 4.69) is 4.72 Å². The summed E-state index contributed by atoms with van der Waals surface area (Å²) < 4.78 is 58.1. The molecule has 0 saturated carbocycles. The highest BCUT2D eigenvalue weighted by Crippen LogP contribution is 2.33. The second-order valence-electron chi connectivity index (χ2n) is 7.20. The molecule has 0 amide bonds. The average Bonchev–Trinajstić information content (AvgIpc) is 3.19. The maximum atomic E-state index is 13.5. The highest BCUT2D eigenvalue weighted by atomic mass is 32.2. The third-order valence-corrected chi connectivity index (χ3v) is 6.77. The number of aryl methyl sites for hydroxylation is 1. The lowest BCUT2D eigenvalue weighted by atomic mass is 10.0. The molecule has 1 fully saturated rings. The van der Waals surface area contributed by atoms with Gasteiger partial charge in [0.25, 0.3) is 0 Å². The Kier molecular flexibility index (Phi) is 5.73. The van der Waals surface area contributed by atoms with Crippen LogP contribution in [0.5, 0.6) is 11.5 Å². The lowest BCUT2D eigenvalue weighted by molar-refractivity contribution is -0.937. The molecule has 2 aliphatic heterocycles. The fraction of sp³-hybridized carbons (Fsp3) is 0.400. The third kappa shape index (κ3) is 4.37. The molecule has 0 radical (unpaired) electrons. The van der Waals surface area contributed by atoms with Crippen molar-refractivity contribution in [1.82, 2.24) is 4.72 Å². The van der Waals surface area contributed by atoms with Crippen molar-refractivity contribution in [3.8, 4) is 11.5 Å². The summed E-state index contributed by atoms with van der Waals surface area (Å²) in [5, 5.41) is 0. The van der Waals surface area contributed by atoms with E-state index in [0.29, 0.717) is 30.3 Å². The van der Waals surface area contributed by atoms with Crippen LogP contribution in [0.25, 0.3) is 0 Å². The van der Waals surface area contributed by atoms with E-state index in [4.69, 9.17) is 14.2 Å². The van der Waals surface area contributed by atoms with E-state index < -0.39 is 15.8 Å². The zero-order chi connectivity index (χ0) is 20.4. The summed E-state index contributed by atoms with van der Waals surface area (Å²) >= 11 is 0. The standard InChI is InChI=1S/C20H23FN2O5S/c1-14-10-16(3-4-17(14)21)29(24,25)22-12-18(23-6-8-26-9-7-23)15-2-5-19-20(11-15)28-13-27-19/h2-5,10-11,18,22H,6-9,12-13H2,1H3/p+1/t18-/m0/s1. The number of sulfonamides is 1. The van der Waals surface area contributed by atoms with Gasteiger partial charge in [-0.3, -0.25) is 0 Å². The Bertz CT molecular complexity index is 992. The fourth-order valence-electron chi connectivity index (χ4n) is 3.67. The zero-order valence-electron chi connectivity index (χ0n) is 16.1. The minimum atomic E-state index is -3.77. The van der Waals surface area contributed by atoms with E-state index in [0.717, 1.165) is 18.7 Å². The van der Waals surface area contributed by atoms with Crippen molar-refractivity contribution < 1.29 is 31.9 Å². The second kappa shape index (κ2) is 8.27. The number of quaternary nitrogens is 1. The van der Waals surface area contributed by atoms with Crippen LogP contribution in [0.2, 0.25) is 0 Å². The summed E-state index contributed by atoms with van der Waals surface area (Å²) in [6.07, 6.45) is 0. The Hall–Kier alpha value is -2.20. The molecule has 9 heteroatoms. The first-order valence-corrected chi connectivity index (χ1v) is 11.0. The van der Waals surface area contributed by atoms with Crippen LogP contribution < -0.4 is 19.1 Å². The minimum absolute atomic E-state index is 0.0535. The number of morpholine rings is 1. The first kappa shape index (κ1) is 20.1. The van der Waals surface area contributed by atoms with Crippen LogP contribution in [0.15, 0.2) is 41.3 Å². The van der Waals surface area contributed by atoms with Crippen molar-refractivity contribution in [3.05, 3.63) is 53.3 Å². The van der Waals surface area contributed by atoms with Gasteiger partial charge in [-0.2, -0.15) is 0 Å². The first-order chi connectivity index (χ1) is 13.9. The Labute approximate surface area is 169 Å². The number of ether oxygens (including phenoxy) is 3. The van der Waals surface area contributed by atoms with Gasteiger partial charge in [-0.05, 0) is 48.9 Å². The highest BCUT2D eigenvalue weighted by molar-refractivity contribution is 7.89. The Morgan fingerprint density at radius 2 is 1.86 bits per heavy atom. The van der Waals surface area contributed by atoms with Gasteiger partial charge in [0.05, 0.1) is 24.7 Å². The molecule has 2 aromatic carbocycles. The van der Waals surface area contributed by atoms with Gasteiger partial charge in [-0.25, -0.2) is 17.5 Å². The van der Waals surface area contributed by atoms with Gasteiger partial charge in [-0.15, -0.1) is 0 Å². The van der Waals surface area contributed by atoms with Gasteiger partial charge in [0.15, 0.2) is 11.5 Å². The topological polar surface area (TPSA) is 78.3 Å². The molecule has 4 rings (SSSR count). The maximum absolute atomic E-state index is 13.5. The van der Waals surface area contributed by atoms with Gasteiger partial charge in [0.2, 0.25) is 16.8 Å². The van der Waals surface area contributed by atoms with Crippen molar-refractivity contribution in [2.45, 2.75) is 17.9 Å². The molecule has 2 aliphatic rings. The van der Waals surface area contributed by atoms with Crippen LogP contribution in [-0.4, -0.2) is 48.1 Å². The quantitative estimate of drug-likeness (QED) is 0.719. The van der Waals surface area contributed by atoms with Crippen molar-refractivity contribution >= 4 is 10.0 Å². The van der Waals surface area contributed by atoms with Gasteiger partial charge >= 0.3 is 0 Å². The molecule has 2 aromatic rings. The predicted molar refractivity (Wildman–Crippen MR) is 103 cm³/mol. The molecule has 1 saturated heterocycles. The van der Waals surface area contributed by atoms with Gasteiger partial charge in [-0.1, -0.05) is 0 Å². The zero-order valence-corrected chi connectivity index (χ0v) is 16.9. The number of fused-ring (bicyclic) bond motifs is 1. The fourth-order valence-corrected chi connectivity index (χ4v) is 4.80. The number of hydrogen-bond donors (Lipinski definition) is 2. The normalized spacial score (nSPS) is 18.0. The molecule has 0 aromatic heterocycles. The summed E-state index contributed by atoms with van der Waals surface area (Å²) in [7, 11) is -3.77. The Morgan fingerprint density at radius 3 is 2.62 bits per heavy atom. The van der Waals surface area contributed by atoms with Crippen LogP contribution in [0.1, 0.15) is 17.2 Å². The number of rotatable bonds is 6. The van der Waals surface area contributed by atoms with E-state index in [-0.39, 0.29) is 24.3 Å². The molecule has 29 heavy (non-hydrogen) atoms. The smallest absolute Gasteiger partial charge is 0.240 e. The van der Waals surface area contributed by atoms with E-state index in [1.54, 1.807) is 6.92 Å². The largest absolute Gasteiger partial charge is 0.454 e. The minimum Gasteiger partial charge on any atom is -0.454 e. The van der Waals surface area contributed by atoms with Crippen LogP contribution in [0.3, 0.4) is 0 Å². The van der Waals surface area contributed by atoms with Crippen LogP contribution in [0, 0.1) is 12.7 Å². The summed E-state index contributed by atoms with van der Waals surface area (Å²) in [6.45, 7) is 4.73. The summed E-state index contributed by atoms with van der Waals surface area (Å²) in [5.74, 6) is 0.920. The SMILES string of the molecule is Cc1cc(S(=O)(=O)NC[C@@H](c2ccc3c(c2)OCO3)[NH+]2CCOCC2)ccc1F. The van der Waals surface area contributed by atoms with E-state index >= 15 is 0 Å². The highest BCUT2D eigenvalue weighted by Gasteiger charge is 2.30. The molecular weight excluding hydrogens is 399 g/mol. The molecule has 0 spiro atoms. The number of halogens is 1. The Balaban J connectivity index is 1.57. The molecule has 156 valence electrons. The summed E-state index contributed by atoms with van der Waals surface area (Å²) in [4.78, 5) is 1.28. The van der Waals surface area contributed by atoms with Gasteiger partial charge in [0.1, 0.15) is 24.9 Å².